The first-order chi connectivity index (χ1) is 6.24. The molecule has 0 saturated heterocycles. The van der Waals surface area contributed by atoms with Crippen molar-refractivity contribution in [3.63, 3.8) is 0 Å². The first-order valence-electron chi connectivity index (χ1n) is 5.52. The number of hydrogen-bond acceptors (Lipinski definition) is 2. The number of unbranched alkanes of at least 4 members (excludes halogenated alkanes) is 1. The zero-order chi connectivity index (χ0) is 9.68. The second-order valence-electron chi connectivity index (χ2n) is 4.22. The first-order valence-corrected chi connectivity index (χ1v) is 5.52. The summed E-state index contributed by atoms with van der Waals surface area (Å²) >= 11 is 0. The maximum Gasteiger partial charge on any atom is 0.149 e. The van der Waals surface area contributed by atoms with E-state index in [9.17, 15) is 4.79 Å². The Bertz CT molecular complexity index is 163. The van der Waals surface area contributed by atoms with Crippen LogP contribution in [0.4, 0.5) is 0 Å². The second-order valence-corrected chi connectivity index (χ2v) is 4.22. The summed E-state index contributed by atoms with van der Waals surface area (Å²) in [7, 11) is 0. The highest BCUT2D eigenvalue weighted by Crippen LogP contribution is 2.29. The van der Waals surface area contributed by atoms with Gasteiger partial charge in [-0.3, -0.25) is 4.79 Å². The maximum atomic E-state index is 11.5. The van der Waals surface area contributed by atoms with Gasteiger partial charge in [-0.2, -0.15) is 0 Å². The van der Waals surface area contributed by atoms with Crippen molar-refractivity contribution in [1.29, 1.82) is 0 Å². The van der Waals surface area contributed by atoms with Crippen molar-refractivity contribution in [1.82, 2.24) is 0 Å². The van der Waals surface area contributed by atoms with Crippen LogP contribution in [0.1, 0.15) is 51.9 Å². The number of carbonyl (C=O) groups excluding carboxylic acids is 1. The summed E-state index contributed by atoms with van der Waals surface area (Å²) in [6.07, 6.45) is 7.62. The molecule has 0 aromatic rings. The van der Waals surface area contributed by atoms with Gasteiger partial charge in [-0.05, 0) is 12.3 Å². The zero-order valence-corrected chi connectivity index (χ0v) is 8.59. The van der Waals surface area contributed by atoms with E-state index in [1.165, 1.54) is 19.3 Å². The summed E-state index contributed by atoms with van der Waals surface area (Å²) in [5.74, 6) is 0.957. The largest absolute Gasteiger partial charge is 0.322 e. The Morgan fingerprint density at radius 1 is 1.54 bits per heavy atom. The van der Waals surface area contributed by atoms with Gasteiger partial charge in [-0.15, -0.1) is 0 Å². The van der Waals surface area contributed by atoms with E-state index < -0.39 is 0 Å². The fraction of sp³-hybridized carbons (Fsp3) is 0.909. The standard InChI is InChI=1S/C11H21NO/c1-2-3-7-10(12)11(13)8-9-5-4-6-9/h9-10H,2-8,12H2,1H3. The predicted octanol–water partition coefficient (Wildman–Crippen LogP) is 2.26. The fourth-order valence-corrected chi connectivity index (χ4v) is 1.72. The average molecular weight is 183 g/mol. The molecule has 2 nitrogen and oxygen atoms in total. The molecule has 1 unspecified atom stereocenters. The Morgan fingerprint density at radius 3 is 2.69 bits per heavy atom. The van der Waals surface area contributed by atoms with Crippen LogP contribution >= 0.6 is 0 Å². The van der Waals surface area contributed by atoms with Gasteiger partial charge in [0.25, 0.3) is 0 Å². The van der Waals surface area contributed by atoms with Gasteiger partial charge in [0, 0.05) is 6.42 Å². The minimum absolute atomic E-state index is 0.180. The molecule has 0 amide bonds. The van der Waals surface area contributed by atoms with Crippen LogP contribution in [0.25, 0.3) is 0 Å². The number of rotatable bonds is 6. The highest BCUT2D eigenvalue weighted by Gasteiger charge is 2.23. The Kier molecular flexibility index (Phi) is 4.43. The zero-order valence-electron chi connectivity index (χ0n) is 8.59. The maximum absolute atomic E-state index is 11.5. The molecule has 0 bridgehead atoms. The monoisotopic (exact) mass is 183 g/mol. The molecule has 1 aliphatic carbocycles. The number of carbonyl (C=O) groups is 1. The number of ketones is 1. The van der Waals surface area contributed by atoms with Crippen LogP contribution in [0.3, 0.4) is 0 Å². The summed E-state index contributed by atoms with van der Waals surface area (Å²) in [6.45, 7) is 2.13. The van der Waals surface area contributed by atoms with Gasteiger partial charge < -0.3 is 5.73 Å². The third-order valence-corrected chi connectivity index (χ3v) is 3.00. The number of Topliss-reactive ketones (excluding diaryl/α,β-unsaturated/α-hetero) is 1. The molecule has 2 heteroatoms. The fourth-order valence-electron chi connectivity index (χ4n) is 1.72. The van der Waals surface area contributed by atoms with Gasteiger partial charge in [0.15, 0.2) is 0 Å². The van der Waals surface area contributed by atoms with Gasteiger partial charge in [-0.25, -0.2) is 0 Å². The minimum Gasteiger partial charge on any atom is -0.322 e. The molecule has 76 valence electrons. The van der Waals surface area contributed by atoms with Crippen LogP contribution < -0.4 is 5.73 Å². The van der Waals surface area contributed by atoms with Crippen LogP contribution in [0.5, 0.6) is 0 Å². The van der Waals surface area contributed by atoms with Crippen LogP contribution in [-0.4, -0.2) is 11.8 Å². The molecule has 0 aliphatic heterocycles. The van der Waals surface area contributed by atoms with E-state index in [0.717, 1.165) is 25.7 Å². The molecular formula is C11H21NO. The second kappa shape index (κ2) is 5.38. The average Bonchev–Trinajstić information content (AvgIpc) is 2.06. The van der Waals surface area contributed by atoms with Gasteiger partial charge in [0.2, 0.25) is 0 Å². The Hall–Kier alpha value is -0.370. The van der Waals surface area contributed by atoms with Crippen molar-refractivity contribution < 1.29 is 4.79 Å². The van der Waals surface area contributed by atoms with E-state index >= 15 is 0 Å². The van der Waals surface area contributed by atoms with Crippen molar-refractivity contribution in [2.24, 2.45) is 11.7 Å². The SMILES string of the molecule is CCCCC(N)C(=O)CC1CCC1. The molecule has 0 aromatic heterocycles. The van der Waals surface area contributed by atoms with Crippen LogP contribution in [0.15, 0.2) is 0 Å². The Labute approximate surface area is 80.9 Å². The molecule has 1 fully saturated rings. The quantitative estimate of drug-likeness (QED) is 0.686. The smallest absolute Gasteiger partial charge is 0.149 e. The minimum atomic E-state index is -0.180. The summed E-state index contributed by atoms with van der Waals surface area (Å²) in [5.41, 5.74) is 5.78. The molecule has 1 aliphatic rings. The van der Waals surface area contributed by atoms with Gasteiger partial charge in [-0.1, -0.05) is 39.0 Å². The van der Waals surface area contributed by atoms with Gasteiger partial charge in [0.05, 0.1) is 6.04 Å². The highest BCUT2D eigenvalue weighted by atomic mass is 16.1. The molecule has 1 saturated carbocycles. The Morgan fingerprint density at radius 2 is 2.23 bits per heavy atom. The summed E-state index contributed by atoms with van der Waals surface area (Å²) in [6, 6.07) is -0.180. The van der Waals surface area contributed by atoms with E-state index in [1.54, 1.807) is 0 Å². The molecule has 0 heterocycles. The van der Waals surface area contributed by atoms with E-state index in [0.29, 0.717) is 5.92 Å². The topological polar surface area (TPSA) is 43.1 Å². The van der Waals surface area contributed by atoms with Crippen molar-refractivity contribution in [3.05, 3.63) is 0 Å². The normalized spacial score (nSPS) is 19.5. The molecule has 0 aromatic carbocycles. The van der Waals surface area contributed by atoms with E-state index in [-0.39, 0.29) is 11.8 Å². The molecule has 2 N–H and O–H groups in total. The van der Waals surface area contributed by atoms with E-state index in [2.05, 4.69) is 6.92 Å². The lowest BCUT2D eigenvalue weighted by Crippen LogP contribution is -2.32. The molecule has 1 atom stereocenters. The van der Waals surface area contributed by atoms with Crippen molar-refractivity contribution in [3.8, 4) is 0 Å². The lowest BCUT2D eigenvalue weighted by molar-refractivity contribution is -0.121. The molecule has 13 heavy (non-hydrogen) atoms. The highest BCUT2D eigenvalue weighted by molar-refractivity contribution is 5.83. The van der Waals surface area contributed by atoms with E-state index in [1.807, 2.05) is 0 Å². The lowest BCUT2D eigenvalue weighted by Gasteiger charge is -2.25. The van der Waals surface area contributed by atoms with Gasteiger partial charge >= 0.3 is 0 Å². The van der Waals surface area contributed by atoms with Crippen LogP contribution in [0.2, 0.25) is 0 Å². The first kappa shape index (κ1) is 10.7. The molecule has 0 spiro atoms. The predicted molar refractivity (Wildman–Crippen MR) is 54.5 cm³/mol. The molecule has 0 radical (unpaired) electrons. The van der Waals surface area contributed by atoms with Gasteiger partial charge in [0.1, 0.15) is 5.78 Å². The third-order valence-electron chi connectivity index (χ3n) is 3.00. The Balaban J connectivity index is 2.13. The summed E-state index contributed by atoms with van der Waals surface area (Å²) in [4.78, 5) is 11.5. The lowest BCUT2D eigenvalue weighted by atomic mass is 9.80. The third kappa shape index (κ3) is 3.47. The van der Waals surface area contributed by atoms with Crippen LogP contribution in [-0.2, 0) is 4.79 Å². The van der Waals surface area contributed by atoms with Crippen LogP contribution in [0, 0.1) is 5.92 Å². The van der Waals surface area contributed by atoms with Crippen molar-refractivity contribution >= 4 is 5.78 Å². The number of nitrogens with two attached hydrogens (primary N) is 1. The summed E-state index contributed by atoms with van der Waals surface area (Å²) in [5, 5.41) is 0. The van der Waals surface area contributed by atoms with Crippen molar-refractivity contribution in [2.75, 3.05) is 0 Å². The van der Waals surface area contributed by atoms with Crippen molar-refractivity contribution in [2.45, 2.75) is 57.9 Å². The molecule has 1 rings (SSSR count). The molecular weight excluding hydrogens is 162 g/mol. The summed E-state index contributed by atoms with van der Waals surface area (Å²) < 4.78 is 0. The number of hydrogen-bond donors (Lipinski definition) is 1. The van der Waals surface area contributed by atoms with E-state index in [4.69, 9.17) is 5.73 Å².